The second kappa shape index (κ2) is 10.6. The lowest BCUT2D eigenvalue weighted by molar-refractivity contribution is -0.242. The molecule has 5 nitrogen and oxygen atoms in total. The first-order valence-electron chi connectivity index (χ1n) is 8.58. The molecular weight excluding hydrogens is 284 g/mol. The molecule has 0 aromatic carbocycles. The largest absolute Gasteiger partial charge is 0.465 e. The molecule has 22 heavy (non-hydrogen) atoms. The van der Waals surface area contributed by atoms with Crippen LogP contribution in [-0.2, 0) is 19.2 Å². The Bertz CT molecular complexity index is 340. The van der Waals surface area contributed by atoms with Crippen molar-refractivity contribution in [3.8, 4) is 0 Å². The number of carbonyl (C=O) groups excluding carboxylic acids is 2. The smallest absolute Gasteiger partial charge is 0.345 e. The number of esters is 1. The molecule has 0 aliphatic heterocycles. The lowest BCUT2D eigenvalue weighted by atomic mass is 9.79. The molecule has 1 aliphatic carbocycles. The summed E-state index contributed by atoms with van der Waals surface area (Å²) in [5.41, 5.74) is 0. The molecular formula is C17H30O5. The minimum atomic E-state index is -0.713. The summed E-state index contributed by atoms with van der Waals surface area (Å²) in [5, 5.41) is 8.52. The molecule has 0 saturated heterocycles. The van der Waals surface area contributed by atoms with Crippen LogP contribution in [0.1, 0.15) is 71.6 Å². The van der Waals surface area contributed by atoms with Crippen LogP contribution in [0.15, 0.2) is 0 Å². The monoisotopic (exact) mass is 314 g/mol. The van der Waals surface area contributed by atoms with Gasteiger partial charge in [0.1, 0.15) is 0 Å². The zero-order chi connectivity index (χ0) is 16.4. The highest BCUT2D eigenvalue weighted by Crippen LogP contribution is 2.31. The number of hydrogen-bond donors (Lipinski definition) is 1. The van der Waals surface area contributed by atoms with E-state index < -0.39 is 17.8 Å². The number of hydrogen-bond acceptors (Lipinski definition) is 5. The molecule has 0 aromatic heterocycles. The fraction of sp³-hybridized carbons (Fsp3) is 0.882. The summed E-state index contributed by atoms with van der Waals surface area (Å²) in [6, 6.07) is 0. The van der Waals surface area contributed by atoms with Crippen molar-refractivity contribution < 1.29 is 24.5 Å². The second-order valence-corrected chi connectivity index (χ2v) is 6.67. The molecule has 0 heterocycles. The molecule has 1 N–H and O–H groups in total. The highest BCUT2D eigenvalue weighted by atomic mass is 17.1. The van der Waals surface area contributed by atoms with Crippen LogP contribution in [-0.4, -0.2) is 23.8 Å². The lowest BCUT2D eigenvalue weighted by Gasteiger charge is -2.27. The number of unbranched alkanes of at least 4 members (excludes halogenated alkanes) is 3. The number of carbonyl (C=O) groups is 2. The third kappa shape index (κ3) is 6.77. The maximum atomic E-state index is 12.1. The molecule has 0 spiro atoms. The maximum absolute atomic E-state index is 12.1. The average Bonchev–Trinajstić information content (AvgIpc) is 2.52. The predicted octanol–water partition coefficient (Wildman–Crippen LogP) is 3.96. The fourth-order valence-corrected chi connectivity index (χ4v) is 3.05. The first-order chi connectivity index (χ1) is 10.6. The average molecular weight is 314 g/mol. The van der Waals surface area contributed by atoms with Gasteiger partial charge in [-0.25, -0.2) is 4.79 Å². The van der Waals surface area contributed by atoms with E-state index in [1.807, 2.05) is 0 Å². The summed E-state index contributed by atoms with van der Waals surface area (Å²) in [6.07, 6.45) is 8.55. The molecule has 1 rings (SSSR count). The van der Waals surface area contributed by atoms with Gasteiger partial charge in [0.2, 0.25) is 0 Å². The zero-order valence-corrected chi connectivity index (χ0v) is 13.9. The van der Waals surface area contributed by atoms with E-state index >= 15 is 0 Å². The van der Waals surface area contributed by atoms with Gasteiger partial charge >= 0.3 is 11.9 Å². The molecule has 0 aromatic rings. The first-order valence-corrected chi connectivity index (χ1v) is 8.58. The fourth-order valence-electron chi connectivity index (χ4n) is 3.05. The van der Waals surface area contributed by atoms with Crippen LogP contribution in [0.4, 0.5) is 0 Å². The summed E-state index contributed by atoms with van der Waals surface area (Å²) in [6.45, 7) is 4.86. The lowest BCUT2D eigenvalue weighted by Crippen LogP contribution is -2.34. The highest BCUT2D eigenvalue weighted by molar-refractivity contribution is 5.82. The molecule has 128 valence electrons. The Morgan fingerprint density at radius 1 is 1.00 bits per heavy atom. The summed E-state index contributed by atoms with van der Waals surface area (Å²) >= 11 is 0. The minimum Gasteiger partial charge on any atom is -0.465 e. The van der Waals surface area contributed by atoms with Crippen LogP contribution < -0.4 is 0 Å². The Morgan fingerprint density at radius 3 is 2.18 bits per heavy atom. The third-order valence-corrected chi connectivity index (χ3v) is 4.38. The van der Waals surface area contributed by atoms with E-state index in [0.717, 1.165) is 31.6 Å². The van der Waals surface area contributed by atoms with Gasteiger partial charge in [-0.3, -0.25) is 4.79 Å². The number of rotatable bonds is 9. The highest BCUT2D eigenvalue weighted by Gasteiger charge is 2.38. The summed E-state index contributed by atoms with van der Waals surface area (Å²) in [7, 11) is 0. The van der Waals surface area contributed by atoms with Gasteiger partial charge in [0, 0.05) is 0 Å². The molecule has 5 heteroatoms. The summed E-state index contributed by atoms with van der Waals surface area (Å²) < 4.78 is 5.31. The quantitative estimate of drug-likeness (QED) is 0.302. The van der Waals surface area contributed by atoms with Crippen molar-refractivity contribution >= 4 is 11.9 Å². The van der Waals surface area contributed by atoms with Gasteiger partial charge in [-0.15, -0.1) is 0 Å². The van der Waals surface area contributed by atoms with Crippen molar-refractivity contribution in [3.05, 3.63) is 0 Å². The summed E-state index contributed by atoms with van der Waals surface area (Å²) in [4.78, 5) is 27.4. The molecule has 0 radical (unpaired) electrons. The van der Waals surface area contributed by atoms with Crippen molar-refractivity contribution in [2.45, 2.75) is 71.6 Å². The van der Waals surface area contributed by atoms with Crippen molar-refractivity contribution in [2.24, 2.45) is 17.8 Å². The van der Waals surface area contributed by atoms with Crippen LogP contribution >= 0.6 is 0 Å². The second-order valence-electron chi connectivity index (χ2n) is 6.67. The topological polar surface area (TPSA) is 72.8 Å². The van der Waals surface area contributed by atoms with Gasteiger partial charge < -0.3 is 9.62 Å². The molecule has 0 bridgehead atoms. The zero-order valence-electron chi connectivity index (χ0n) is 13.9. The van der Waals surface area contributed by atoms with Gasteiger partial charge in [0.25, 0.3) is 0 Å². The Labute approximate surface area is 133 Å². The normalized spacial score (nSPS) is 21.6. The predicted molar refractivity (Wildman–Crippen MR) is 83.1 cm³/mol. The van der Waals surface area contributed by atoms with Gasteiger partial charge in [0.05, 0.1) is 18.4 Å². The third-order valence-electron chi connectivity index (χ3n) is 4.38. The van der Waals surface area contributed by atoms with Gasteiger partial charge in [0.15, 0.2) is 0 Å². The molecule has 2 atom stereocenters. The molecule has 0 amide bonds. The molecule has 1 aliphatic rings. The van der Waals surface area contributed by atoms with Crippen LogP contribution in [0.25, 0.3) is 0 Å². The molecule has 1 fully saturated rings. The van der Waals surface area contributed by atoms with Crippen molar-refractivity contribution in [1.29, 1.82) is 0 Å². The SMILES string of the molecule is CC(C)CCCCCCOC(=O)C1CCCCC1C(=O)OO. The van der Waals surface area contributed by atoms with E-state index in [-0.39, 0.29) is 5.97 Å². The Kier molecular flexibility index (Phi) is 9.13. The Balaban J connectivity index is 2.21. The van der Waals surface area contributed by atoms with E-state index in [9.17, 15) is 9.59 Å². The van der Waals surface area contributed by atoms with Crippen molar-refractivity contribution in [3.63, 3.8) is 0 Å². The van der Waals surface area contributed by atoms with Crippen LogP contribution in [0.5, 0.6) is 0 Å². The van der Waals surface area contributed by atoms with E-state index in [4.69, 9.17) is 9.99 Å². The van der Waals surface area contributed by atoms with Crippen molar-refractivity contribution in [1.82, 2.24) is 0 Å². The van der Waals surface area contributed by atoms with E-state index in [1.165, 1.54) is 19.3 Å². The molecule has 2 unspecified atom stereocenters. The minimum absolute atomic E-state index is 0.322. The van der Waals surface area contributed by atoms with Crippen LogP contribution in [0.2, 0.25) is 0 Å². The van der Waals surface area contributed by atoms with Gasteiger partial charge in [-0.2, -0.15) is 5.26 Å². The van der Waals surface area contributed by atoms with E-state index in [1.54, 1.807) is 0 Å². The van der Waals surface area contributed by atoms with Crippen molar-refractivity contribution in [2.75, 3.05) is 6.61 Å². The van der Waals surface area contributed by atoms with E-state index in [2.05, 4.69) is 18.7 Å². The van der Waals surface area contributed by atoms with Gasteiger partial charge in [-0.1, -0.05) is 52.4 Å². The maximum Gasteiger partial charge on any atom is 0.345 e. The molecule has 1 saturated carbocycles. The van der Waals surface area contributed by atoms with Gasteiger partial charge in [-0.05, 0) is 25.2 Å². The Hall–Kier alpha value is -1.10. The number of ether oxygens (including phenoxy) is 1. The summed E-state index contributed by atoms with van der Waals surface area (Å²) in [5.74, 6) is -1.31. The standard InChI is InChI=1S/C17H30O5/c1-13(2)9-5-3-4-8-12-21-16(18)14-10-6-7-11-15(14)17(19)22-20/h13-15,20H,3-12H2,1-2H3. The van der Waals surface area contributed by atoms with E-state index in [0.29, 0.717) is 19.4 Å². The first kappa shape index (κ1) is 18.9. The Morgan fingerprint density at radius 2 is 1.59 bits per heavy atom. The van der Waals surface area contributed by atoms with Crippen LogP contribution in [0, 0.1) is 17.8 Å². The van der Waals surface area contributed by atoms with Crippen LogP contribution in [0.3, 0.4) is 0 Å².